The molecule has 0 bridgehead atoms. The van der Waals surface area contributed by atoms with E-state index in [2.05, 4.69) is 34.3 Å². The van der Waals surface area contributed by atoms with Crippen molar-refractivity contribution in [3.8, 4) is 5.88 Å². The molecule has 5 nitrogen and oxygen atoms in total. The molecule has 0 unspecified atom stereocenters. The van der Waals surface area contributed by atoms with Crippen LogP contribution < -0.4 is 10.1 Å². The fourth-order valence-electron chi connectivity index (χ4n) is 3.12. The van der Waals surface area contributed by atoms with Crippen molar-refractivity contribution in [1.82, 2.24) is 14.9 Å². The molecule has 1 N–H and O–H groups in total. The van der Waals surface area contributed by atoms with Gasteiger partial charge in [0.05, 0.1) is 19.0 Å². The highest BCUT2D eigenvalue weighted by Crippen LogP contribution is 2.38. The topological polar surface area (TPSA) is 50.3 Å². The monoisotopic (exact) mass is 278 g/mol. The average Bonchev–Trinajstić information content (AvgIpc) is 2.85. The van der Waals surface area contributed by atoms with Gasteiger partial charge < -0.3 is 15.0 Å². The number of aromatic nitrogens is 2. The van der Waals surface area contributed by atoms with Crippen molar-refractivity contribution >= 4 is 5.82 Å². The normalized spacial score (nSPS) is 17.4. The van der Waals surface area contributed by atoms with Gasteiger partial charge in [-0.25, -0.2) is 0 Å². The molecular formula is C15H26N4O. The lowest BCUT2D eigenvalue weighted by molar-refractivity contribution is 0.215. The molecule has 112 valence electrons. The summed E-state index contributed by atoms with van der Waals surface area (Å²) >= 11 is 0. The maximum absolute atomic E-state index is 5.39. The molecule has 20 heavy (non-hydrogen) atoms. The molecule has 1 aromatic rings. The summed E-state index contributed by atoms with van der Waals surface area (Å²) in [6, 6.07) is 0. The van der Waals surface area contributed by atoms with Crippen LogP contribution in [0, 0.1) is 5.41 Å². The van der Waals surface area contributed by atoms with Crippen LogP contribution in [0.4, 0.5) is 5.82 Å². The van der Waals surface area contributed by atoms with Gasteiger partial charge in [-0.3, -0.25) is 4.98 Å². The maximum atomic E-state index is 5.39. The Bertz CT molecular complexity index is 416. The third-order valence-corrected chi connectivity index (χ3v) is 3.87. The van der Waals surface area contributed by atoms with Gasteiger partial charge in [0.2, 0.25) is 5.88 Å². The zero-order valence-corrected chi connectivity index (χ0v) is 12.9. The molecule has 1 aromatic heterocycles. The molecule has 1 aliphatic carbocycles. The third kappa shape index (κ3) is 4.07. The van der Waals surface area contributed by atoms with Crippen LogP contribution in [0.5, 0.6) is 5.88 Å². The van der Waals surface area contributed by atoms with Gasteiger partial charge in [0.1, 0.15) is 5.82 Å². The van der Waals surface area contributed by atoms with Crippen LogP contribution >= 0.6 is 0 Å². The Labute approximate surface area is 121 Å². The molecule has 1 saturated carbocycles. The summed E-state index contributed by atoms with van der Waals surface area (Å²) in [6.45, 7) is 4.64. The molecular weight excluding hydrogens is 252 g/mol. The summed E-state index contributed by atoms with van der Waals surface area (Å²) < 4.78 is 5.39. The lowest BCUT2D eigenvalue weighted by Gasteiger charge is -2.32. The first kappa shape index (κ1) is 15.0. The molecule has 0 amide bonds. The van der Waals surface area contributed by atoms with E-state index in [1.165, 1.54) is 25.7 Å². The smallest absolute Gasteiger partial charge is 0.234 e. The van der Waals surface area contributed by atoms with E-state index in [0.29, 0.717) is 17.9 Å². The first-order valence-electron chi connectivity index (χ1n) is 7.47. The summed E-state index contributed by atoms with van der Waals surface area (Å²) in [7, 11) is 4.30. The van der Waals surface area contributed by atoms with Gasteiger partial charge >= 0.3 is 0 Å². The van der Waals surface area contributed by atoms with Gasteiger partial charge in [-0.2, -0.15) is 4.98 Å². The third-order valence-electron chi connectivity index (χ3n) is 3.87. The van der Waals surface area contributed by atoms with E-state index in [1.54, 1.807) is 12.4 Å². The molecule has 0 aromatic carbocycles. The van der Waals surface area contributed by atoms with Crippen LogP contribution in [0.1, 0.15) is 32.6 Å². The first-order valence-corrected chi connectivity index (χ1v) is 7.47. The fourth-order valence-corrected chi connectivity index (χ4v) is 3.12. The number of nitrogens with one attached hydrogen (secondary N) is 1. The second kappa shape index (κ2) is 6.88. The van der Waals surface area contributed by atoms with E-state index in [-0.39, 0.29) is 0 Å². The SMILES string of the molecule is CCOc1cncc(NCC2(CN(C)C)CCCC2)n1. The van der Waals surface area contributed by atoms with Crippen LogP contribution in [0.25, 0.3) is 0 Å². The molecule has 2 rings (SSSR count). The Hall–Kier alpha value is -1.36. The number of hydrogen-bond acceptors (Lipinski definition) is 5. The highest BCUT2D eigenvalue weighted by molar-refractivity contribution is 5.33. The molecule has 0 spiro atoms. The summed E-state index contributed by atoms with van der Waals surface area (Å²) in [5.41, 5.74) is 0.368. The molecule has 0 atom stereocenters. The summed E-state index contributed by atoms with van der Waals surface area (Å²) in [5.74, 6) is 1.39. The number of hydrogen-bond donors (Lipinski definition) is 1. The Morgan fingerprint density at radius 1 is 1.30 bits per heavy atom. The van der Waals surface area contributed by atoms with Gasteiger partial charge in [0.25, 0.3) is 0 Å². The Morgan fingerprint density at radius 3 is 2.70 bits per heavy atom. The molecule has 0 radical (unpaired) electrons. The molecule has 0 saturated heterocycles. The highest BCUT2D eigenvalue weighted by atomic mass is 16.5. The number of nitrogens with zero attached hydrogens (tertiary/aromatic N) is 3. The largest absolute Gasteiger partial charge is 0.477 e. The van der Waals surface area contributed by atoms with E-state index in [1.807, 2.05) is 6.92 Å². The van der Waals surface area contributed by atoms with Crippen molar-refractivity contribution in [1.29, 1.82) is 0 Å². The van der Waals surface area contributed by atoms with Crippen LogP contribution in [0.15, 0.2) is 12.4 Å². The predicted octanol–water partition coefficient (Wildman–Crippen LogP) is 2.41. The average molecular weight is 278 g/mol. The number of rotatable bonds is 7. The quantitative estimate of drug-likeness (QED) is 0.830. The van der Waals surface area contributed by atoms with Crippen LogP contribution in [0.2, 0.25) is 0 Å². The van der Waals surface area contributed by atoms with Gasteiger partial charge in [0.15, 0.2) is 0 Å². The summed E-state index contributed by atoms with van der Waals surface area (Å²) in [6.07, 6.45) is 8.66. The second-order valence-corrected chi connectivity index (χ2v) is 5.97. The lowest BCUT2D eigenvalue weighted by atomic mass is 9.85. The molecule has 0 aliphatic heterocycles. The molecule has 1 heterocycles. The van der Waals surface area contributed by atoms with Gasteiger partial charge in [-0.05, 0) is 33.9 Å². The Balaban J connectivity index is 1.97. The maximum Gasteiger partial charge on any atom is 0.234 e. The summed E-state index contributed by atoms with van der Waals surface area (Å²) in [5, 5.41) is 3.45. The Kier molecular flexibility index (Phi) is 5.17. The van der Waals surface area contributed by atoms with Crippen molar-refractivity contribution in [2.75, 3.05) is 39.1 Å². The first-order chi connectivity index (χ1) is 9.63. The standard InChI is InChI=1S/C15H26N4O/c1-4-20-14-10-16-9-13(18-14)17-11-15(12-19(2)3)7-5-6-8-15/h9-10H,4-8,11-12H2,1-3H3,(H,17,18). The van der Waals surface area contributed by atoms with Crippen molar-refractivity contribution in [3.63, 3.8) is 0 Å². The van der Waals surface area contributed by atoms with Crippen molar-refractivity contribution in [2.24, 2.45) is 5.41 Å². The number of anilines is 1. The van der Waals surface area contributed by atoms with Gasteiger partial charge in [-0.15, -0.1) is 0 Å². The van der Waals surface area contributed by atoms with Crippen molar-refractivity contribution < 1.29 is 4.74 Å². The van der Waals surface area contributed by atoms with Crippen molar-refractivity contribution in [3.05, 3.63) is 12.4 Å². The number of ether oxygens (including phenoxy) is 1. The van der Waals surface area contributed by atoms with Crippen LogP contribution in [0.3, 0.4) is 0 Å². The zero-order chi connectivity index (χ0) is 14.4. The van der Waals surface area contributed by atoms with E-state index in [0.717, 1.165) is 18.9 Å². The minimum Gasteiger partial charge on any atom is -0.477 e. The molecule has 1 aliphatic rings. The lowest BCUT2D eigenvalue weighted by Crippen LogP contribution is -2.37. The predicted molar refractivity (Wildman–Crippen MR) is 81.1 cm³/mol. The van der Waals surface area contributed by atoms with Crippen molar-refractivity contribution in [2.45, 2.75) is 32.6 Å². The van der Waals surface area contributed by atoms with Gasteiger partial charge in [0, 0.05) is 18.5 Å². The van der Waals surface area contributed by atoms with E-state index < -0.39 is 0 Å². The molecule has 5 heteroatoms. The summed E-state index contributed by atoms with van der Waals surface area (Å²) in [4.78, 5) is 10.9. The second-order valence-electron chi connectivity index (χ2n) is 5.97. The van der Waals surface area contributed by atoms with Gasteiger partial charge in [-0.1, -0.05) is 12.8 Å². The van der Waals surface area contributed by atoms with Crippen LogP contribution in [-0.2, 0) is 0 Å². The zero-order valence-electron chi connectivity index (χ0n) is 12.9. The van der Waals surface area contributed by atoms with E-state index in [9.17, 15) is 0 Å². The fraction of sp³-hybridized carbons (Fsp3) is 0.733. The van der Waals surface area contributed by atoms with Crippen LogP contribution in [-0.4, -0.2) is 48.7 Å². The van der Waals surface area contributed by atoms with E-state index in [4.69, 9.17) is 4.74 Å². The molecule has 1 fully saturated rings. The highest BCUT2D eigenvalue weighted by Gasteiger charge is 2.34. The Morgan fingerprint density at radius 2 is 2.05 bits per heavy atom. The van der Waals surface area contributed by atoms with E-state index >= 15 is 0 Å². The minimum atomic E-state index is 0.368. The minimum absolute atomic E-state index is 0.368.